The number of allylic oxidation sites excluding steroid dienone is 3. The molecule has 1 rings (SSSR count). The molecule has 0 aliphatic carbocycles. The molecule has 0 bridgehead atoms. The van der Waals surface area contributed by atoms with Gasteiger partial charge < -0.3 is 4.74 Å². The zero-order valence-electron chi connectivity index (χ0n) is 10.4. The van der Waals surface area contributed by atoms with Crippen LogP contribution in [0.3, 0.4) is 0 Å². The van der Waals surface area contributed by atoms with Crippen LogP contribution in [-0.2, 0) is 4.74 Å². The summed E-state index contributed by atoms with van der Waals surface area (Å²) >= 11 is 0. The molecule has 1 aliphatic rings. The van der Waals surface area contributed by atoms with Crippen LogP contribution in [0.4, 0.5) is 0 Å². The van der Waals surface area contributed by atoms with Crippen LogP contribution in [0.5, 0.6) is 0 Å². The molecular formula is C14H23NO. The molecule has 0 unspecified atom stereocenters. The molecule has 0 N–H and O–H groups in total. The molecule has 0 spiro atoms. The first-order chi connectivity index (χ1) is 7.72. The van der Waals surface area contributed by atoms with Crippen molar-refractivity contribution in [2.24, 2.45) is 0 Å². The van der Waals surface area contributed by atoms with Gasteiger partial charge in [0.2, 0.25) is 0 Å². The van der Waals surface area contributed by atoms with Crippen LogP contribution < -0.4 is 0 Å². The summed E-state index contributed by atoms with van der Waals surface area (Å²) in [6, 6.07) is 0. The second-order valence-corrected chi connectivity index (χ2v) is 4.34. The van der Waals surface area contributed by atoms with Crippen molar-refractivity contribution in [2.45, 2.75) is 19.8 Å². The Morgan fingerprint density at radius 1 is 1.38 bits per heavy atom. The number of ether oxygens (including phenoxy) is 1. The predicted octanol–water partition coefficient (Wildman–Crippen LogP) is 2.79. The zero-order chi connectivity index (χ0) is 11.8. The van der Waals surface area contributed by atoms with Crippen LogP contribution in [0.15, 0.2) is 36.5 Å². The monoisotopic (exact) mass is 221 g/mol. The lowest BCUT2D eigenvalue weighted by atomic mass is 10.1. The maximum Gasteiger partial charge on any atom is 0.0594 e. The summed E-state index contributed by atoms with van der Waals surface area (Å²) in [5.74, 6) is 0. The van der Waals surface area contributed by atoms with Gasteiger partial charge in [-0.25, -0.2) is 0 Å². The lowest BCUT2D eigenvalue weighted by Crippen LogP contribution is -2.37. The first-order valence-corrected chi connectivity index (χ1v) is 5.98. The lowest BCUT2D eigenvalue weighted by molar-refractivity contribution is 0.0422. The Bertz CT molecular complexity index is 262. The normalized spacial score (nSPS) is 18.4. The first kappa shape index (κ1) is 13.2. The van der Waals surface area contributed by atoms with E-state index in [2.05, 4.69) is 31.1 Å². The second kappa shape index (κ2) is 7.42. The smallest absolute Gasteiger partial charge is 0.0594 e. The van der Waals surface area contributed by atoms with Gasteiger partial charge in [-0.2, -0.15) is 0 Å². The molecule has 0 aromatic heterocycles. The summed E-state index contributed by atoms with van der Waals surface area (Å²) in [6.07, 6.45) is 6.24. The summed E-state index contributed by atoms with van der Waals surface area (Å²) in [7, 11) is 0. The van der Waals surface area contributed by atoms with Crippen LogP contribution in [0.1, 0.15) is 19.8 Å². The molecule has 90 valence electrons. The first-order valence-electron chi connectivity index (χ1n) is 5.98. The van der Waals surface area contributed by atoms with Crippen molar-refractivity contribution < 1.29 is 4.74 Å². The standard InChI is InChI=1S/C14H23NO/c1-4-13(2)6-5-7-14(3)12-15-8-10-16-11-9-15/h4,7H,1-2,5-6,8-12H2,3H3/b14-7-. The maximum atomic E-state index is 5.32. The van der Waals surface area contributed by atoms with Crippen LogP contribution in [0, 0.1) is 0 Å². The molecule has 0 amide bonds. The molecule has 0 radical (unpaired) electrons. The SMILES string of the molecule is C=CC(=C)CC/C=C(/C)CN1CCOCC1. The number of morpholine rings is 1. The summed E-state index contributed by atoms with van der Waals surface area (Å²) in [6.45, 7) is 14.8. The van der Waals surface area contributed by atoms with E-state index in [4.69, 9.17) is 4.74 Å². The van der Waals surface area contributed by atoms with E-state index in [0.717, 1.165) is 51.3 Å². The molecule has 1 aliphatic heterocycles. The Morgan fingerprint density at radius 3 is 2.69 bits per heavy atom. The van der Waals surface area contributed by atoms with Crippen molar-refractivity contribution in [3.63, 3.8) is 0 Å². The fourth-order valence-corrected chi connectivity index (χ4v) is 1.78. The number of nitrogens with zero attached hydrogens (tertiary/aromatic N) is 1. The minimum absolute atomic E-state index is 0.876. The van der Waals surface area contributed by atoms with Crippen molar-refractivity contribution in [1.82, 2.24) is 4.90 Å². The van der Waals surface area contributed by atoms with Crippen LogP contribution in [-0.4, -0.2) is 37.7 Å². The van der Waals surface area contributed by atoms with Gasteiger partial charge in [0.25, 0.3) is 0 Å². The Labute approximate surface area is 99.3 Å². The fraction of sp³-hybridized carbons (Fsp3) is 0.571. The van der Waals surface area contributed by atoms with Gasteiger partial charge in [-0.1, -0.05) is 36.5 Å². The molecule has 16 heavy (non-hydrogen) atoms. The molecule has 0 aromatic rings. The van der Waals surface area contributed by atoms with E-state index in [9.17, 15) is 0 Å². The molecular weight excluding hydrogens is 198 g/mol. The van der Waals surface area contributed by atoms with Crippen molar-refractivity contribution in [3.05, 3.63) is 36.5 Å². The van der Waals surface area contributed by atoms with Crippen molar-refractivity contribution in [3.8, 4) is 0 Å². The highest BCUT2D eigenvalue weighted by molar-refractivity contribution is 5.12. The minimum atomic E-state index is 0.876. The minimum Gasteiger partial charge on any atom is -0.379 e. The van der Waals surface area contributed by atoms with E-state index in [1.54, 1.807) is 0 Å². The predicted molar refractivity (Wildman–Crippen MR) is 69.6 cm³/mol. The molecule has 2 nitrogen and oxygen atoms in total. The highest BCUT2D eigenvalue weighted by Crippen LogP contribution is 2.08. The van der Waals surface area contributed by atoms with Gasteiger partial charge in [0.1, 0.15) is 0 Å². The average molecular weight is 221 g/mol. The molecule has 2 heteroatoms. The quantitative estimate of drug-likeness (QED) is 0.505. The topological polar surface area (TPSA) is 12.5 Å². The van der Waals surface area contributed by atoms with Crippen LogP contribution >= 0.6 is 0 Å². The Morgan fingerprint density at radius 2 is 2.06 bits per heavy atom. The Kier molecular flexibility index (Phi) is 6.12. The lowest BCUT2D eigenvalue weighted by Gasteiger charge is -2.26. The van der Waals surface area contributed by atoms with E-state index >= 15 is 0 Å². The molecule has 1 fully saturated rings. The van der Waals surface area contributed by atoms with Crippen LogP contribution in [0.2, 0.25) is 0 Å². The molecule has 0 atom stereocenters. The van der Waals surface area contributed by atoms with Crippen molar-refractivity contribution in [2.75, 3.05) is 32.8 Å². The Hall–Kier alpha value is -0.860. The van der Waals surface area contributed by atoms with E-state index in [1.807, 2.05) is 6.08 Å². The summed E-state index contributed by atoms with van der Waals surface area (Å²) in [5, 5.41) is 0. The summed E-state index contributed by atoms with van der Waals surface area (Å²) in [5.41, 5.74) is 2.56. The van der Waals surface area contributed by atoms with Crippen molar-refractivity contribution >= 4 is 0 Å². The van der Waals surface area contributed by atoms with Crippen LogP contribution in [0.25, 0.3) is 0 Å². The molecule has 1 saturated heterocycles. The summed E-state index contributed by atoms with van der Waals surface area (Å²) in [4.78, 5) is 2.44. The van der Waals surface area contributed by atoms with E-state index in [0.29, 0.717) is 0 Å². The third-order valence-corrected chi connectivity index (χ3v) is 2.82. The third kappa shape index (κ3) is 5.29. The summed E-state index contributed by atoms with van der Waals surface area (Å²) < 4.78 is 5.32. The van der Waals surface area contributed by atoms with E-state index in [-0.39, 0.29) is 0 Å². The van der Waals surface area contributed by atoms with Gasteiger partial charge in [-0.3, -0.25) is 4.90 Å². The van der Waals surface area contributed by atoms with Crippen molar-refractivity contribution in [1.29, 1.82) is 0 Å². The fourth-order valence-electron chi connectivity index (χ4n) is 1.78. The highest BCUT2D eigenvalue weighted by atomic mass is 16.5. The average Bonchev–Trinajstić information content (AvgIpc) is 2.30. The van der Waals surface area contributed by atoms with Gasteiger partial charge in [0, 0.05) is 19.6 Å². The van der Waals surface area contributed by atoms with Gasteiger partial charge in [0.05, 0.1) is 13.2 Å². The zero-order valence-corrected chi connectivity index (χ0v) is 10.4. The number of hydrogen-bond acceptors (Lipinski definition) is 2. The van der Waals surface area contributed by atoms with E-state index < -0.39 is 0 Å². The van der Waals surface area contributed by atoms with Gasteiger partial charge >= 0.3 is 0 Å². The Balaban J connectivity index is 2.21. The second-order valence-electron chi connectivity index (χ2n) is 4.34. The van der Waals surface area contributed by atoms with Gasteiger partial charge in [0.15, 0.2) is 0 Å². The number of hydrogen-bond donors (Lipinski definition) is 0. The van der Waals surface area contributed by atoms with Gasteiger partial charge in [-0.15, -0.1) is 0 Å². The molecule has 0 saturated carbocycles. The molecule has 1 heterocycles. The largest absolute Gasteiger partial charge is 0.379 e. The highest BCUT2D eigenvalue weighted by Gasteiger charge is 2.09. The van der Waals surface area contributed by atoms with Gasteiger partial charge in [-0.05, 0) is 19.8 Å². The number of rotatable bonds is 6. The maximum absolute atomic E-state index is 5.32. The third-order valence-electron chi connectivity index (χ3n) is 2.82. The molecule has 0 aromatic carbocycles. The van der Waals surface area contributed by atoms with E-state index in [1.165, 1.54) is 5.57 Å².